The molecule has 3 aromatic rings. The second-order valence-corrected chi connectivity index (χ2v) is 7.29. The topological polar surface area (TPSA) is 71.3 Å². The molecule has 2 aromatic heterocycles. The zero-order valence-corrected chi connectivity index (χ0v) is 16.2. The molecule has 1 aliphatic heterocycles. The lowest BCUT2D eigenvalue weighted by Gasteiger charge is -2.35. The highest BCUT2D eigenvalue weighted by Gasteiger charge is 2.22. The Morgan fingerprint density at radius 3 is 2.52 bits per heavy atom. The van der Waals surface area contributed by atoms with Gasteiger partial charge in [-0.05, 0) is 40.2 Å². The second kappa shape index (κ2) is 7.48. The zero-order chi connectivity index (χ0) is 18.8. The standard InChI is InChI=1S/C19H18BrN5O2/c20-14-5-6-17(22-11-14)23-7-9-24(10-8-23)19(27)13-25-16-4-2-1-3-15(16)21-12-18(25)26/h1-6,11-12H,7-10,13H2. The van der Waals surface area contributed by atoms with Crippen LogP contribution in [0.25, 0.3) is 11.0 Å². The SMILES string of the molecule is O=C(Cn1c(=O)cnc2ccccc21)N1CCN(c2ccc(Br)cn2)CC1. The predicted molar refractivity (Wildman–Crippen MR) is 107 cm³/mol. The molecule has 1 fully saturated rings. The van der Waals surface area contributed by atoms with E-state index in [1.807, 2.05) is 36.4 Å². The van der Waals surface area contributed by atoms with E-state index in [-0.39, 0.29) is 18.0 Å². The lowest BCUT2D eigenvalue weighted by atomic mass is 10.2. The van der Waals surface area contributed by atoms with Gasteiger partial charge in [-0.25, -0.2) is 9.97 Å². The minimum absolute atomic E-state index is 0.0262. The lowest BCUT2D eigenvalue weighted by Crippen LogP contribution is -2.50. The Labute approximate surface area is 164 Å². The molecule has 0 saturated carbocycles. The summed E-state index contributed by atoms with van der Waals surface area (Å²) in [6, 6.07) is 11.3. The molecule has 7 nitrogen and oxygen atoms in total. The first-order valence-electron chi connectivity index (χ1n) is 8.71. The van der Waals surface area contributed by atoms with Gasteiger partial charge in [-0.2, -0.15) is 0 Å². The average Bonchev–Trinajstić information content (AvgIpc) is 2.71. The summed E-state index contributed by atoms with van der Waals surface area (Å²) < 4.78 is 2.43. The van der Waals surface area contributed by atoms with E-state index in [4.69, 9.17) is 0 Å². The summed E-state index contributed by atoms with van der Waals surface area (Å²) in [5, 5.41) is 0. The number of hydrogen-bond donors (Lipinski definition) is 0. The van der Waals surface area contributed by atoms with E-state index in [0.717, 1.165) is 10.3 Å². The molecular weight excluding hydrogens is 410 g/mol. The molecule has 138 valence electrons. The Bertz CT molecular complexity index is 1030. The molecule has 0 N–H and O–H groups in total. The Kier molecular flexibility index (Phi) is 4.89. The zero-order valence-electron chi connectivity index (χ0n) is 14.6. The number of para-hydroxylation sites is 2. The maximum absolute atomic E-state index is 12.8. The van der Waals surface area contributed by atoms with Gasteiger partial charge < -0.3 is 9.80 Å². The summed E-state index contributed by atoms with van der Waals surface area (Å²) in [5.74, 6) is 0.846. The molecule has 1 saturated heterocycles. The van der Waals surface area contributed by atoms with Crippen molar-refractivity contribution >= 4 is 38.7 Å². The molecule has 1 amide bonds. The number of anilines is 1. The number of carbonyl (C=O) groups is 1. The van der Waals surface area contributed by atoms with Crippen molar-refractivity contribution in [2.45, 2.75) is 6.54 Å². The normalized spacial score (nSPS) is 14.6. The van der Waals surface area contributed by atoms with Crippen LogP contribution in [0, 0.1) is 0 Å². The molecule has 1 aliphatic rings. The smallest absolute Gasteiger partial charge is 0.269 e. The molecule has 0 spiro atoms. The van der Waals surface area contributed by atoms with Crippen LogP contribution < -0.4 is 10.5 Å². The fourth-order valence-corrected chi connectivity index (χ4v) is 3.49. The molecule has 8 heteroatoms. The molecule has 0 atom stereocenters. The molecule has 0 bridgehead atoms. The van der Waals surface area contributed by atoms with Gasteiger partial charge in [-0.1, -0.05) is 12.1 Å². The monoisotopic (exact) mass is 427 g/mol. The van der Waals surface area contributed by atoms with E-state index >= 15 is 0 Å². The predicted octanol–water partition coefficient (Wildman–Crippen LogP) is 1.90. The quantitative estimate of drug-likeness (QED) is 0.638. The summed E-state index contributed by atoms with van der Waals surface area (Å²) in [6.07, 6.45) is 3.04. The summed E-state index contributed by atoms with van der Waals surface area (Å²) in [4.78, 5) is 37.5. The fraction of sp³-hybridized carbons (Fsp3) is 0.263. The van der Waals surface area contributed by atoms with Crippen molar-refractivity contribution in [3.05, 3.63) is 63.6 Å². The number of benzene rings is 1. The van der Waals surface area contributed by atoms with Crippen molar-refractivity contribution in [3.8, 4) is 0 Å². The molecule has 27 heavy (non-hydrogen) atoms. The van der Waals surface area contributed by atoms with E-state index in [1.165, 1.54) is 10.8 Å². The molecule has 0 aliphatic carbocycles. The Morgan fingerprint density at radius 1 is 1.00 bits per heavy atom. The molecule has 3 heterocycles. The summed E-state index contributed by atoms with van der Waals surface area (Å²) >= 11 is 3.39. The highest BCUT2D eigenvalue weighted by atomic mass is 79.9. The van der Waals surface area contributed by atoms with E-state index in [2.05, 4.69) is 30.8 Å². The number of hydrogen-bond acceptors (Lipinski definition) is 5. The summed E-state index contributed by atoms with van der Waals surface area (Å²) in [6.45, 7) is 2.67. The third-order valence-corrected chi connectivity index (χ3v) is 5.18. The highest BCUT2D eigenvalue weighted by Crippen LogP contribution is 2.17. The van der Waals surface area contributed by atoms with E-state index in [1.54, 1.807) is 11.1 Å². The van der Waals surface area contributed by atoms with Gasteiger partial charge in [0.05, 0.1) is 17.2 Å². The van der Waals surface area contributed by atoms with Crippen LogP contribution in [-0.4, -0.2) is 51.5 Å². The highest BCUT2D eigenvalue weighted by molar-refractivity contribution is 9.10. The Morgan fingerprint density at radius 2 is 1.78 bits per heavy atom. The third kappa shape index (κ3) is 3.71. The van der Waals surface area contributed by atoms with Crippen LogP contribution in [0.5, 0.6) is 0 Å². The number of carbonyl (C=O) groups excluding carboxylic acids is 1. The van der Waals surface area contributed by atoms with Crippen LogP contribution in [0.1, 0.15) is 0 Å². The number of halogens is 1. The number of amides is 1. The average molecular weight is 428 g/mol. The van der Waals surface area contributed by atoms with Gasteiger partial charge in [0.25, 0.3) is 5.56 Å². The number of nitrogens with zero attached hydrogens (tertiary/aromatic N) is 5. The van der Waals surface area contributed by atoms with Crippen molar-refractivity contribution in [2.75, 3.05) is 31.1 Å². The minimum atomic E-state index is -0.264. The Hall–Kier alpha value is -2.74. The van der Waals surface area contributed by atoms with Crippen molar-refractivity contribution in [1.29, 1.82) is 0 Å². The first-order chi connectivity index (χ1) is 13.1. The minimum Gasteiger partial charge on any atom is -0.353 e. The van der Waals surface area contributed by atoms with Crippen LogP contribution in [0.4, 0.5) is 5.82 Å². The Balaban J connectivity index is 1.45. The lowest BCUT2D eigenvalue weighted by molar-refractivity contribution is -0.132. The maximum Gasteiger partial charge on any atom is 0.269 e. The van der Waals surface area contributed by atoms with Gasteiger partial charge in [0.2, 0.25) is 5.91 Å². The van der Waals surface area contributed by atoms with E-state index in [9.17, 15) is 9.59 Å². The first kappa shape index (κ1) is 17.7. The van der Waals surface area contributed by atoms with Gasteiger partial charge in [-0.3, -0.25) is 14.2 Å². The molecule has 0 radical (unpaired) electrons. The van der Waals surface area contributed by atoms with Crippen molar-refractivity contribution in [1.82, 2.24) is 19.4 Å². The number of aromatic nitrogens is 3. The number of fused-ring (bicyclic) bond motifs is 1. The summed E-state index contributed by atoms with van der Waals surface area (Å²) in [5.41, 5.74) is 1.12. The molecule has 0 unspecified atom stereocenters. The van der Waals surface area contributed by atoms with Gasteiger partial charge in [-0.15, -0.1) is 0 Å². The maximum atomic E-state index is 12.8. The van der Waals surface area contributed by atoms with E-state index < -0.39 is 0 Å². The van der Waals surface area contributed by atoms with Crippen molar-refractivity contribution in [3.63, 3.8) is 0 Å². The summed E-state index contributed by atoms with van der Waals surface area (Å²) in [7, 11) is 0. The number of rotatable bonds is 3. The third-order valence-electron chi connectivity index (χ3n) is 4.71. The first-order valence-corrected chi connectivity index (χ1v) is 9.50. The van der Waals surface area contributed by atoms with Gasteiger partial charge in [0, 0.05) is 36.8 Å². The molecule has 1 aromatic carbocycles. The van der Waals surface area contributed by atoms with Gasteiger partial charge in [0.1, 0.15) is 12.4 Å². The van der Waals surface area contributed by atoms with Crippen LogP contribution in [-0.2, 0) is 11.3 Å². The molecular formula is C19H18BrN5O2. The molecule has 4 rings (SSSR count). The van der Waals surface area contributed by atoms with Crippen molar-refractivity contribution in [2.24, 2.45) is 0 Å². The van der Waals surface area contributed by atoms with Crippen LogP contribution in [0.3, 0.4) is 0 Å². The van der Waals surface area contributed by atoms with Crippen LogP contribution in [0.2, 0.25) is 0 Å². The number of pyridine rings is 1. The largest absolute Gasteiger partial charge is 0.353 e. The van der Waals surface area contributed by atoms with Gasteiger partial charge in [0.15, 0.2) is 0 Å². The van der Waals surface area contributed by atoms with Crippen LogP contribution >= 0.6 is 15.9 Å². The van der Waals surface area contributed by atoms with Crippen LogP contribution in [0.15, 0.2) is 58.1 Å². The number of piperazine rings is 1. The van der Waals surface area contributed by atoms with Gasteiger partial charge >= 0.3 is 0 Å². The second-order valence-electron chi connectivity index (χ2n) is 6.37. The fourth-order valence-electron chi connectivity index (χ4n) is 3.25. The van der Waals surface area contributed by atoms with E-state index in [0.29, 0.717) is 37.2 Å². The van der Waals surface area contributed by atoms with Crippen molar-refractivity contribution < 1.29 is 4.79 Å².